The normalized spacial score (nSPS) is 18.2. The van der Waals surface area contributed by atoms with Crippen LogP contribution in [0.1, 0.15) is 42.9 Å². The van der Waals surface area contributed by atoms with Gasteiger partial charge in [0.05, 0.1) is 5.69 Å². The predicted octanol–water partition coefficient (Wildman–Crippen LogP) is 0.884. The number of imidazole rings is 1. The number of carbonyl (C=O) groups excluding carboxylic acids is 1. The highest BCUT2D eigenvalue weighted by Crippen LogP contribution is 2.40. The second kappa shape index (κ2) is 4.96. The Morgan fingerprint density at radius 1 is 1.53 bits per heavy atom. The van der Waals surface area contributed by atoms with Crippen molar-refractivity contribution in [2.24, 2.45) is 0 Å². The van der Waals surface area contributed by atoms with Crippen LogP contribution in [0.15, 0.2) is 0 Å². The third-order valence-corrected chi connectivity index (χ3v) is 4.15. The van der Waals surface area contributed by atoms with Crippen molar-refractivity contribution in [3.63, 3.8) is 0 Å². The number of hydrogen-bond acceptors (Lipinski definition) is 3. The molecule has 5 heteroatoms. The quantitative estimate of drug-likeness (QED) is 0.876. The first-order chi connectivity index (χ1) is 9.20. The second-order valence-electron chi connectivity index (χ2n) is 5.56. The molecular formula is C14H22N4O. The van der Waals surface area contributed by atoms with Crippen LogP contribution in [0, 0.1) is 0 Å². The smallest absolute Gasteiger partial charge is 0.242 e. The highest BCUT2D eigenvalue weighted by atomic mass is 16.2. The van der Waals surface area contributed by atoms with Gasteiger partial charge in [-0.1, -0.05) is 0 Å². The molecule has 0 spiro atoms. The molecule has 0 atom stereocenters. The van der Waals surface area contributed by atoms with Gasteiger partial charge in [0.15, 0.2) is 0 Å². The van der Waals surface area contributed by atoms with E-state index in [1.54, 1.807) is 4.90 Å². The summed E-state index contributed by atoms with van der Waals surface area (Å²) < 4.78 is 2.20. The van der Waals surface area contributed by atoms with Crippen LogP contribution >= 0.6 is 0 Å². The summed E-state index contributed by atoms with van der Waals surface area (Å²) in [6.07, 6.45) is 3.43. The van der Waals surface area contributed by atoms with Gasteiger partial charge in [-0.25, -0.2) is 4.98 Å². The Morgan fingerprint density at radius 2 is 2.32 bits per heavy atom. The summed E-state index contributed by atoms with van der Waals surface area (Å²) in [5.41, 5.74) is 2.43. The van der Waals surface area contributed by atoms with Gasteiger partial charge >= 0.3 is 0 Å². The zero-order chi connectivity index (χ0) is 13.4. The largest absolute Gasteiger partial charge is 0.344 e. The molecule has 1 saturated carbocycles. The Bertz CT molecular complexity index is 490. The van der Waals surface area contributed by atoms with Crippen LogP contribution in [0.5, 0.6) is 0 Å². The number of carbonyl (C=O) groups is 1. The monoisotopic (exact) mass is 262 g/mol. The zero-order valence-electron chi connectivity index (χ0n) is 11.8. The molecule has 3 rings (SSSR count). The zero-order valence-corrected chi connectivity index (χ0v) is 11.8. The summed E-state index contributed by atoms with van der Waals surface area (Å²) in [4.78, 5) is 18.7. The van der Waals surface area contributed by atoms with Gasteiger partial charge in [0, 0.05) is 44.7 Å². The molecule has 0 radical (unpaired) electrons. The van der Waals surface area contributed by atoms with Crippen molar-refractivity contribution in [2.45, 2.75) is 45.2 Å². The first kappa shape index (κ1) is 12.7. The SMILES string of the molecule is CCN(C)C(=O)Cn1c(C2CC2)nc2c1CCNC2. The van der Waals surface area contributed by atoms with E-state index in [0.29, 0.717) is 12.5 Å². The number of fused-ring (bicyclic) bond motifs is 1. The van der Waals surface area contributed by atoms with E-state index < -0.39 is 0 Å². The minimum absolute atomic E-state index is 0.183. The van der Waals surface area contributed by atoms with E-state index in [-0.39, 0.29) is 5.91 Å². The van der Waals surface area contributed by atoms with E-state index in [4.69, 9.17) is 4.98 Å². The molecule has 104 valence electrons. The van der Waals surface area contributed by atoms with Crippen molar-refractivity contribution in [2.75, 3.05) is 20.1 Å². The molecule has 0 saturated heterocycles. The van der Waals surface area contributed by atoms with Gasteiger partial charge in [-0.15, -0.1) is 0 Å². The van der Waals surface area contributed by atoms with E-state index in [2.05, 4.69) is 9.88 Å². The summed E-state index contributed by atoms with van der Waals surface area (Å²) in [7, 11) is 1.87. The number of nitrogens with one attached hydrogen (secondary N) is 1. The van der Waals surface area contributed by atoms with Gasteiger partial charge in [0.25, 0.3) is 0 Å². The molecule has 0 bridgehead atoms. The Balaban J connectivity index is 1.89. The average molecular weight is 262 g/mol. The summed E-state index contributed by atoms with van der Waals surface area (Å²) in [5, 5.41) is 3.36. The molecule has 2 heterocycles. The lowest BCUT2D eigenvalue weighted by Gasteiger charge is -2.19. The van der Waals surface area contributed by atoms with Gasteiger partial charge in [-0.3, -0.25) is 4.79 Å². The minimum Gasteiger partial charge on any atom is -0.344 e. The van der Waals surface area contributed by atoms with Gasteiger partial charge in [-0.05, 0) is 19.8 Å². The highest BCUT2D eigenvalue weighted by molar-refractivity contribution is 5.75. The maximum absolute atomic E-state index is 12.2. The van der Waals surface area contributed by atoms with Crippen LogP contribution in [0.4, 0.5) is 0 Å². The molecule has 19 heavy (non-hydrogen) atoms. The fraction of sp³-hybridized carbons (Fsp3) is 0.714. The fourth-order valence-electron chi connectivity index (χ4n) is 2.65. The van der Waals surface area contributed by atoms with E-state index in [0.717, 1.165) is 37.6 Å². The van der Waals surface area contributed by atoms with E-state index in [1.807, 2.05) is 14.0 Å². The van der Waals surface area contributed by atoms with E-state index in [9.17, 15) is 4.79 Å². The number of likely N-dealkylation sites (N-methyl/N-ethyl adjacent to an activating group) is 1. The van der Waals surface area contributed by atoms with Crippen molar-refractivity contribution < 1.29 is 4.79 Å². The van der Waals surface area contributed by atoms with Gasteiger partial charge in [0.2, 0.25) is 5.91 Å². The topological polar surface area (TPSA) is 50.2 Å². The lowest BCUT2D eigenvalue weighted by Crippen LogP contribution is -2.32. The van der Waals surface area contributed by atoms with Crippen LogP contribution in [-0.4, -0.2) is 40.5 Å². The molecule has 2 aliphatic rings. The van der Waals surface area contributed by atoms with Crippen molar-refractivity contribution >= 4 is 5.91 Å². The molecule has 1 aliphatic heterocycles. The van der Waals surface area contributed by atoms with Gasteiger partial charge in [-0.2, -0.15) is 0 Å². The molecular weight excluding hydrogens is 240 g/mol. The number of aromatic nitrogens is 2. The molecule has 0 unspecified atom stereocenters. The van der Waals surface area contributed by atoms with Crippen molar-refractivity contribution in [3.05, 3.63) is 17.2 Å². The van der Waals surface area contributed by atoms with Gasteiger partial charge < -0.3 is 14.8 Å². The van der Waals surface area contributed by atoms with Crippen LogP contribution in [0.3, 0.4) is 0 Å². The maximum atomic E-state index is 12.2. The van der Waals surface area contributed by atoms with Crippen molar-refractivity contribution in [1.82, 2.24) is 19.8 Å². The summed E-state index contributed by atoms with van der Waals surface area (Å²) in [5.74, 6) is 1.92. The molecule has 1 aromatic rings. The molecule has 5 nitrogen and oxygen atoms in total. The Hall–Kier alpha value is -1.36. The number of hydrogen-bond donors (Lipinski definition) is 1. The minimum atomic E-state index is 0.183. The summed E-state index contributed by atoms with van der Waals surface area (Å²) in [6.45, 7) is 5.06. The number of amides is 1. The maximum Gasteiger partial charge on any atom is 0.242 e. The Kier molecular flexibility index (Phi) is 3.31. The lowest BCUT2D eigenvalue weighted by molar-refractivity contribution is -0.130. The number of rotatable bonds is 4. The van der Waals surface area contributed by atoms with Crippen molar-refractivity contribution in [1.29, 1.82) is 0 Å². The average Bonchev–Trinajstić information content (AvgIpc) is 3.21. The van der Waals surface area contributed by atoms with E-state index in [1.165, 1.54) is 18.5 Å². The van der Waals surface area contributed by atoms with Crippen LogP contribution in [-0.2, 0) is 24.3 Å². The predicted molar refractivity (Wildman–Crippen MR) is 72.9 cm³/mol. The molecule has 1 N–H and O–H groups in total. The third kappa shape index (κ3) is 2.39. The lowest BCUT2D eigenvalue weighted by atomic mass is 10.2. The molecule has 0 aromatic carbocycles. The second-order valence-corrected chi connectivity index (χ2v) is 5.56. The Labute approximate surface area is 114 Å². The standard InChI is InChI=1S/C14H22N4O/c1-3-17(2)13(19)9-18-12-6-7-15-8-11(12)16-14(18)10-4-5-10/h10,15H,3-9H2,1-2H3. The highest BCUT2D eigenvalue weighted by Gasteiger charge is 2.32. The molecule has 1 aromatic heterocycles. The van der Waals surface area contributed by atoms with Crippen LogP contribution in [0.2, 0.25) is 0 Å². The first-order valence-electron chi connectivity index (χ1n) is 7.23. The number of nitrogens with zero attached hydrogens (tertiary/aromatic N) is 3. The summed E-state index contributed by atoms with van der Waals surface area (Å²) in [6, 6.07) is 0. The van der Waals surface area contributed by atoms with Crippen LogP contribution in [0.25, 0.3) is 0 Å². The molecule has 1 amide bonds. The van der Waals surface area contributed by atoms with Crippen molar-refractivity contribution in [3.8, 4) is 0 Å². The Morgan fingerprint density at radius 3 is 3.00 bits per heavy atom. The van der Waals surface area contributed by atoms with E-state index >= 15 is 0 Å². The van der Waals surface area contributed by atoms with Gasteiger partial charge in [0.1, 0.15) is 12.4 Å². The fourth-order valence-corrected chi connectivity index (χ4v) is 2.65. The molecule has 1 fully saturated rings. The summed E-state index contributed by atoms with van der Waals surface area (Å²) >= 11 is 0. The van der Waals surface area contributed by atoms with Crippen LogP contribution < -0.4 is 5.32 Å². The third-order valence-electron chi connectivity index (χ3n) is 4.15. The molecule has 1 aliphatic carbocycles. The first-order valence-corrected chi connectivity index (χ1v) is 7.23.